The summed E-state index contributed by atoms with van der Waals surface area (Å²) in [6.45, 7) is 0.839. The van der Waals surface area contributed by atoms with E-state index >= 15 is 0 Å². The van der Waals surface area contributed by atoms with Gasteiger partial charge in [0.1, 0.15) is 6.54 Å². The Hall–Kier alpha value is -1.90. The Bertz CT molecular complexity index is 811. The maximum Gasteiger partial charge on any atom is 0.240 e. The molecule has 2 aromatic carbocycles. The lowest BCUT2D eigenvalue weighted by Gasteiger charge is -2.22. The Labute approximate surface area is 162 Å². The smallest absolute Gasteiger partial charge is 0.240 e. The van der Waals surface area contributed by atoms with Crippen LogP contribution in [0.2, 0.25) is 0 Å². The molecular weight excluding hydrogens is 420 g/mol. The van der Waals surface area contributed by atoms with Gasteiger partial charge in [-0.15, -0.1) is 0 Å². The molecule has 0 saturated carbocycles. The molecule has 0 aliphatic heterocycles. The highest BCUT2D eigenvalue weighted by molar-refractivity contribution is 9.10. The lowest BCUT2D eigenvalue weighted by atomic mass is 10.2. The first-order valence-corrected chi connectivity index (χ1v) is 10.6. The number of nitrogens with zero attached hydrogens (tertiary/aromatic N) is 1. The summed E-state index contributed by atoms with van der Waals surface area (Å²) in [5.74, 6) is -0.387. The highest BCUT2D eigenvalue weighted by atomic mass is 79.9. The van der Waals surface area contributed by atoms with Gasteiger partial charge in [-0.2, -0.15) is 0 Å². The molecule has 0 unspecified atom stereocenters. The number of anilines is 1. The van der Waals surface area contributed by atoms with Crippen molar-refractivity contribution in [2.45, 2.75) is 6.61 Å². The minimum Gasteiger partial charge on any atom is -0.375 e. The van der Waals surface area contributed by atoms with Gasteiger partial charge >= 0.3 is 0 Å². The second-order valence-corrected chi connectivity index (χ2v) is 8.46. The van der Waals surface area contributed by atoms with Gasteiger partial charge in [0.25, 0.3) is 0 Å². The predicted octanol–water partition coefficient (Wildman–Crippen LogP) is 2.55. The quantitative estimate of drug-likeness (QED) is 0.607. The molecule has 0 radical (unpaired) electrons. The van der Waals surface area contributed by atoms with E-state index in [1.54, 1.807) is 24.3 Å². The molecule has 1 amide bonds. The van der Waals surface area contributed by atoms with Crippen LogP contribution in [0.4, 0.5) is 5.69 Å². The fraction of sp³-hybridized carbons (Fsp3) is 0.278. The van der Waals surface area contributed by atoms with Crippen molar-refractivity contribution in [2.75, 3.05) is 30.3 Å². The highest BCUT2D eigenvalue weighted by Gasteiger charge is 2.20. The van der Waals surface area contributed by atoms with Crippen molar-refractivity contribution in [2.24, 2.45) is 0 Å². The third-order valence-electron chi connectivity index (χ3n) is 3.48. The Morgan fingerprint density at radius 3 is 2.38 bits per heavy atom. The van der Waals surface area contributed by atoms with Crippen molar-refractivity contribution < 1.29 is 17.9 Å². The van der Waals surface area contributed by atoms with E-state index in [4.69, 9.17) is 4.74 Å². The molecule has 0 saturated heterocycles. The molecule has 0 aromatic heterocycles. The second-order valence-electron chi connectivity index (χ2n) is 5.63. The number of hydrogen-bond acceptors (Lipinski definition) is 4. The van der Waals surface area contributed by atoms with Crippen LogP contribution in [0.3, 0.4) is 0 Å². The van der Waals surface area contributed by atoms with E-state index in [9.17, 15) is 13.2 Å². The average molecular weight is 441 g/mol. The van der Waals surface area contributed by atoms with Crippen LogP contribution in [0.25, 0.3) is 0 Å². The Morgan fingerprint density at radius 1 is 1.12 bits per heavy atom. The molecule has 1 N–H and O–H groups in total. The van der Waals surface area contributed by atoms with Crippen LogP contribution in [0.1, 0.15) is 5.56 Å². The number of sulfonamides is 1. The molecule has 0 atom stereocenters. The normalized spacial score (nSPS) is 11.2. The fourth-order valence-electron chi connectivity index (χ4n) is 2.22. The molecule has 0 spiro atoms. The van der Waals surface area contributed by atoms with Crippen molar-refractivity contribution in [1.29, 1.82) is 0 Å². The van der Waals surface area contributed by atoms with Crippen LogP contribution < -0.4 is 9.62 Å². The van der Waals surface area contributed by atoms with Gasteiger partial charge in [-0.3, -0.25) is 9.10 Å². The summed E-state index contributed by atoms with van der Waals surface area (Å²) in [7, 11) is -3.57. The highest BCUT2D eigenvalue weighted by Crippen LogP contribution is 2.20. The number of amides is 1. The Balaban J connectivity index is 1.81. The Morgan fingerprint density at radius 2 is 1.77 bits per heavy atom. The van der Waals surface area contributed by atoms with E-state index in [1.165, 1.54) is 0 Å². The molecule has 6 nitrogen and oxygen atoms in total. The van der Waals surface area contributed by atoms with Crippen molar-refractivity contribution in [3.05, 3.63) is 64.6 Å². The number of carbonyl (C=O) groups is 1. The van der Waals surface area contributed by atoms with Gasteiger partial charge in [-0.25, -0.2) is 8.42 Å². The molecule has 140 valence electrons. The third-order valence-corrected chi connectivity index (χ3v) is 5.15. The van der Waals surface area contributed by atoms with Crippen molar-refractivity contribution in [1.82, 2.24) is 5.32 Å². The van der Waals surface area contributed by atoms with Crippen LogP contribution in [0.15, 0.2) is 59.1 Å². The zero-order chi connectivity index (χ0) is 19.0. The van der Waals surface area contributed by atoms with E-state index in [1.807, 2.05) is 30.3 Å². The average Bonchev–Trinajstić information content (AvgIpc) is 2.60. The molecule has 2 rings (SSSR count). The van der Waals surface area contributed by atoms with Gasteiger partial charge in [0.05, 0.1) is 25.2 Å². The summed E-state index contributed by atoms with van der Waals surface area (Å²) >= 11 is 3.30. The van der Waals surface area contributed by atoms with Crippen LogP contribution >= 0.6 is 15.9 Å². The van der Waals surface area contributed by atoms with Gasteiger partial charge in [-0.1, -0.05) is 46.3 Å². The van der Waals surface area contributed by atoms with Crippen molar-refractivity contribution in [3.8, 4) is 0 Å². The van der Waals surface area contributed by atoms with Gasteiger partial charge < -0.3 is 10.1 Å². The van der Waals surface area contributed by atoms with Crippen molar-refractivity contribution in [3.63, 3.8) is 0 Å². The molecular formula is C18H21BrN2O4S. The number of ether oxygens (including phenoxy) is 1. The van der Waals surface area contributed by atoms with Crippen LogP contribution in [-0.2, 0) is 26.2 Å². The summed E-state index contributed by atoms with van der Waals surface area (Å²) in [6, 6.07) is 16.4. The number of benzene rings is 2. The number of rotatable bonds is 9. The van der Waals surface area contributed by atoms with Gasteiger partial charge in [0.2, 0.25) is 15.9 Å². The summed E-state index contributed by atoms with van der Waals surface area (Å²) < 4.78 is 31.4. The molecule has 0 bridgehead atoms. The van der Waals surface area contributed by atoms with Gasteiger partial charge in [0, 0.05) is 11.0 Å². The molecule has 0 aliphatic carbocycles. The van der Waals surface area contributed by atoms with Crippen LogP contribution in [0.5, 0.6) is 0 Å². The molecule has 0 heterocycles. The lowest BCUT2D eigenvalue weighted by molar-refractivity contribution is -0.119. The summed E-state index contributed by atoms with van der Waals surface area (Å²) in [5.41, 5.74) is 1.49. The predicted molar refractivity (Wildman–Crippen MR) is 105 cm³/mol. The SMILES string of the molecule is CS(=O)(=O)N(CC(=O)NCCOCc1ccccc1)c1ccc(Br)cc1. The third kappa shape index (κ3) is 6.78. The topological polar surface area (TPSA) is 75.7 Å². The van der Waals surface area contributed by atoms with Gasteiger partial charge in [-0.05, 0) is 29.8 Å². The maximum absolute atomic E-state index is 12.1. The minimum atomic E-state index is -3.57. The van der Waals surface area contributed by atoms with Gasteiger partial charge in [0.15, 0.2) is 0 Å². The van der Waals surface area contributed by atoms with E-state index in [-0.39, 0.29) is 12.5 Å². The fourth-order valence-corrected chi connectivity index (χ4v) is 3.34. The zero-order valence-electron chi connectivity index (χ0n) is 14.4. The Kier molecular flexibility index (Phi) is 7.62. The van der Waals surface area contributed by atoms with E-state index in [0.717, 1.165) is 20.6 Å². The summed E-state index contributed by atoms with van der Waals surface area (Å²) in [6.07, 6.45) is 1.07. The molecule has 8 heteroatoms. The second kappa shape index (κ2) is 9.70. The standard InChI is InChI=1S/C18H21BrN2O4S/c1-26(23,24)21(17-9-7-16(19)8-10-17)13-18(22)20-11-12-25-14-15-5-3-2-4-6-15/h2-10H,11-14H2,1H3,(H,20,22). The van der Waals surface area contributed by atoms with E-state index in [2.05, 4.69) is 21.2 Å². The minimum absolute atomic E-state index is 0.279. The summed E-state index contributed by atoms with van der Waals surface area (Å²) in [5, 5.41) is 2.67. The lowest BCUT2D eigenvalue weighted by Crippen LogP contribution is -2.41. The molecule has 0 aliphatic rings. The van der Waals surface area contributed by atoms with Crippen LogP contribution in [-0.4, -0.2) is 40.3 Å². The largest absolute Gasteiger partial charge is 0.375 e. The molecule has 2 aromatic rings. The first-order chi connectivity index (χ1) is 12.4. The zero-order valence-corrected chi connectivity index (χ0v) is 16.8. The summed E-state index contributed by atoms with van der Waals surface area (Å²) in [4.78, 5) is 12.1. The number of halogens is 1. The molecule has 26 heavy (non-hydrogen) atoms. The molecule has 0 fully saturated rings. The monoisotopic (exact) mass is 440 g/mol. The number of nitrogens with one attached hydrogen (secondary N) is 1. The maximum atomic E-state index is 12.1. The first kappa shape index (κ1) is 20.4. The first-order valence-electron chi connectivity index (χ1n) is 7.98. The number of hydrogen-bond donors (Lipinski definition) is 1. The number of carbonyl (C=O) groups excluding carboxylic acids is 1. The van der Waals surface area contributed by atoms with Crippen LogP contribution in [0, 0.1) is 0 Å². The van der Waals surface area contributed by atoms with Crippen molar-refractivity contribution >= 4 is 37.5 Å². The van der Waals surface area contributed by atoms with E-state index in [0.29, 0.717) is 25.4 Å². The van der Waals surface area contributed by atoms with E-state index < -0.39 is 10.0 Å².